The Kier molecular flexibility index (Phi) is 8.57. The van der Waals surface area contributed by atoms with Crippen LogP contribution in [0.1, 0.15) is 31.1 Å². The molecule has 0 fully saturated rings. The molecule has 0 amide bonds. The molecule has 0 aromatic heterocycles. The fraction of sp³-hybridized carbons (Fsp3) is 0.278. The number of ether oxygens (including phenoxy) is 2. The van der Waals surface area contributed by atoms with Crippen LogP contribution >= 0.6 is 11.8 Å². The van der Waals surface area contributed by atoms with Crippen LogP contribution in [0.15, 0.2) is 52.3 Å². The second kappa shape index (κ2) is 10.4. The largest absolute Gasteiger partial charge is 0.463 e. The van der Waals surface area contributed by atoms with Crippen molar-refractivity contribution in [2.45, 2.75) is 20.8 Å². The highest BCUT2D eigenvalue weighted by Crippen LogP contribution is 2.22. The first-order valence-corrected chi connectivity index (χ1v) is 8.36. The molecule has 5 nitrogen and oxygen atoms in total. The minimum Gasteiger partial charge on any atom is -0.463 e. The Morgan fingerprint density at radius 2 is 1.67 bits per heavy atom. The van der Waals surface area contributed by atoms with Crippen molar-refractivity contribution in [3.8, 4) is 0 Å². The van der Waals surface area contributed by atoms with E-state index in [1.807, 2.05) is 6.07 Å². The lowest BCUT2D eigenvalue weighted by Gasteiger charge is -2.05. The predicted octanol–water partition coefficient (Wildman–Crippen LogP) is 3.52. The van der Waals surface area contributed by atoms with Gasteiger partial charge in [0.25, 0.3) is 0 Å². The number of Topliss-reactive ketones (excluding diaryl/α,β-unsaturated/α-hetero) is 1. The van der Waals surface area contributed by atoms with Gasteiger partial charge in [-0.2, -0.15) is 0 Å². The number of esters is 2. The third kappa shape index (κ3) is 6.42. The molecule has 0 heterocycles. The SMILES string of the molecule is CCOC(=O)/C=C(\S/C=C(\C)C(=O)c1ccccc1)C(=O)OCC. The van der Waals surface area contributed by atoms with Crippen molar-refractivity contribution in [1.82, 2.24) is 0 Å². The molecule has 0 atom stereocenters. The van der Waals surface area contributed by atoms with Gasteiger partial charge in [0.1, 0.15) is 4.91 Å². The molecule has 1 aromatic carbocycles. The van der Waals surface area contributed by atoms with Crippen LogP contribution in [-0.4, -0.2) is 30.9 Å². The van der Waals surface area contributed by atoms with E-state index in [0.717, 1.165) is 17.8 Å². The lowest BCUT2D eigenvalue weighted by Crippen LogP contribution is -2.09. The minimum absolute atomic E-state index is 0.0653. The van der Waals surface area contributed by atoms with Crippen LogP contribution in [0.25, 0.3) is 0 Å². The van der Waals surface area contributed by atoms with E-state index in [-0.39, 0.29) is 23.9 Å². The van der Waals surface area contributed by atoms with Crippen molar-refractivity contribution in [3.05, 3.63) is 57.9 Å². The van der Waals surface area contributed by atoms with Crippen LogP contribution in [0.2, 0.25) is 0 Å². The highest BCUT2D eigenvalue weighted by atomic mass is 32.2. The number of carbonyl (C=O) groups is 3. The molecule has 0 spiro atoms. The summed E-state index contributed by atoms with van der Waals surface area (Å²) in [4.78, 5) is 35.8. The van der Waals surface area contributed by atoms with Gasteiger partial charge >= 0.3 is 11.9 Å². The molecule has 0 N–H and O–H groups in total. The summed E-state index contributed by atoms with van der Waals surface area (Å²) >= 11 is 0.958. The Hall–Kier alpha value is -2.34. The first-order valence-electron chi connectivity index (χ1n) is 7.48. The number of thioether (sulfide) groups is 1. The van der Waals surface area contributed by atoms with Crippen LogP contribution in [-0.2, 0) is 19.1 Å². The van der Waals surface area contributed by atoms with E-state index in [1.165, 1.54) is 5.41 Å². The van der Waals surface area contributed by atoms with E-state index >= 15 is 0 Å². The Morgan fingerprint density at radius 1 is 1.04 bits per heavy atom. The summed E-state index contributed by atoms with van der Waals surface area (Å²) < 4.78 is 9.71. The molecule has 128 valence electrons. The van der Waals surface area contributed by atoms with E-state index in [9.17, 15) is 14.4 Å². The minimum atomic E-state index is -0.633. The number of ketones is 1. The highest BCUT2D eigenvalue weighted by molar-refractivity contribution is 8.06. The average Bonchev–Trinajstić information content (AvgIpc) is 2.58. The van der Waals surface area contributed by atoms with Crippen LogP contribution in [0.3, 0.4) is 0 Å². The van der Waals surface area contributed by atoms with Gasteiger partial charge in [-0.3, -0.25) is 4.79 Å². The molecule has 0 aliphatic carbocycles. The number of hydrogen-bond donors (Lipinski definition) is 0. The van der Waals surface area contributed by atoms with E-state index < -0.39 is 11.9 Å². The summed E-state index contributed by atoms with van der Waals surface area (Å²) in [6.45, 7) is 5.38. The van der Waals surface area contributed by atoms with Crippen molar-refractivity contribution in [2.24, 2.45) is 0 Å². The molecule has 0 bridgehead atoms. The van der Waals surface area contributed by atoms with Crippen LogP contribution in [0.4, 0.5) is 0 Å². The monoisotopic (exact) mass is 348 g/mol. The summed E-state index contributed by atoms with van der Waals surface area (Å²) in [6, 6.07) is 8.80. The van der Waals surface area contributed by atoms with E-state index in [0.29, 0.717) is 11.1 Å². The fourth-order valence-corrected chi connectivity index (χ4v) is 2.39. The smallest absolute Gasteiger partial charge is 0.345 e. The van der Waals surface area contributed by atoms with Crippen molar-refractivity contribution < 1.29 is 23.9 Å². The van der Waals surface area contributed by atoms with Gasteiger partial charge in [0.15, 0.2) is 5.78 Å². The first kappa shape index (κ1) is 19.7. The van der Waals surface area contributed by atoms with Gasteiger partial charge in [-0.15, -0.1) is 0 Å². The number of allylic oxidation sites excluding steroid dienone is 1. The molecule has 6 heteroatoms. The standard InChI is InChI=1S/C18H20O5S/c1-4-22-16(19)11-15(18(21)23-5-2)24-12-13(3)17(20)14-9-7-6-8-10-14/h6-12H,4-5H2,1-3H3/b13-12+,15-11-. The first-order chi connectivity index (χ1) is 11.5. The molecule has 24 heavy (non-hydrogen) atoms. The summed E-state index contributed by atoms with van der Waals surface area (Å²) in [6.07, 6.45) is 1.07. The quantitative estimate of drug-likeness (QED) is 0.407. The Balaban J connectivity index is 2.91. The number of hydrogen-bond acceptors (Lipinski definition) is 6. The van der Waals surface area contributed by atoms with Crippen molar-refractivity contribution >= 4 is 29.5 Å². The molecule has 1 aromatic rings. The Labute approximate surface area is 145 Å². The zero-order valence-electron chi connectivity index (χ0n) is 13.9. The van der Waals surface area contributed by atoms with E-state index in [2.05, 4.69) is 0 Å². The molecule has 0 aliphatic rings. The molecule has 0 aliphatic heterocycles. The summed E-state index contributed by atoms with van der Waals surface area (Å²) in [5, 5.41) is 1.53. The van der Waals surface area contributed by atoms with Crippen LogP contribution in [0.5, 0.6) is 0 Å². The second-order valence-electron chi connectivity index (χ2n) is 4.59. The third-order valence-electron chi connectivity index (χ3n) is 2.77. The van der Waals surface area contributed by atoms with E-state index in [4.69, 9.17) is 9.47 Å². The molecular formula is C18H20O5S. The predicted molar refractivity (Wildman–Crippen MR) is 93.5 cm³/mol. The molecule has 0 saturated heterocycles. The van der Waals surface area contributed by atoms with Crippen molar-refractivity contribution in [2.75, 3.05) is 13.2 Å². The summed E-state index contributed by atoms with van der Waals surface area (Å²) in [5.74, 6) is -1.41. The van der Waals surface area contributed by atoms with E-state index in [1.54, 1.807) is 45.0 Å². The van der Waals surface area contributed by atoms with Gasteiger partial charge < -0.3 is 9.47 Å². The van der Waals surface area contributed by atoms with Gasteiger partial charge in [0.2, 0.25) is 0 Å². The second-order valence-corrected chi connectivity index (χ2v) is 5.51. The third-order valence-corrected chi connectivity index (χ3v) is 3.78. The highest BCUT2D eigenvalue weighted by Gasteiger charge is 2.15. The average molecular weight is 348 g/mol. The zero-order valence-corrected chi connectivity index (χ0v) is 14.7. The lowest BCUT2D eigenvalue weighted by molar-refractivity contribution is -0.140. The topological polar surface area (TPSA) is 69.7 Å². The molecular weight excluding hydrogens is 328 g/mol. The van der Waals surface area contributed by atoms with Crippen LogP contribution < -0.4 is 0 Å². The van der Waals surface area contributed by atoms with Gasteiger partial charge in [-0.05, 0) is 26.2 Å². The maximum atomic E-state index is 12.3. The summed E-state index contributed by atoms with van der Waals surface area (Å²) in [7, 11) is 0. The molecule has 0 saturated carbocycles. The van der Waals surface area contributed by atoms with Crippen molar-refractivity contribution in [1.29, 1.82) is 0 Å². The Morgan fingerprint density at radius 3 is 2.25 bits per heavy atom. The maximum absolute atomic E-state index is 12.3. The number of benzene rings is 1. The summed E-state index contributed by atoms with van der Waals surface area (Å²) in [5.41, 5.74) is 1.00. The Bertz CT molecular complexity index is 647. The van der Waals surface area contributed by atoms with Gasteiger partial charge in [0.05, 0.1) is 13.2 Å². The molecule has 0 radical (unpaired) electrons. The molecule has 0 unspecified atom stereocenters. The number of carbonyl (C=O) groups excluding carboxylic acids is 3. The van der Waals surface area contributed by atoms with Gasteiger partial charge in [-0.1, -0.05) is 42.1 Å². The van der Waals surface area contributed by atoms with Gasteiger partial charge in [-0.25, -0.2) is 9.59 Å². The number of rotatable bonds is 8. The normalized spacial score (nSPS) is 11.8. The van der Waals surface area contributed by atoms with Crippen molar-refractivity contribution in [3.63, 3.8) is 0 Å². The maximum Gasteiger partial charge on any atom is 0.345 e. The van der Waals surface area contributed by atoms with Gasteiger partial charge in [0, 0.05) is 17.2 Å². The zero-order chi connectivity index (χ0) is 17.9. The van der Waals surface area contributed by atoms with Crippen LogP contribution in [0, 0.1) is 0 Å². The fourth-order valence-electron chi connectivity index (χ4n) is 1.66. The molecule has 1 rings (SSSR count). The lowest BCUT2D eigenvalue weighted by atomic mass is 10.1.